The van der Waals surface area contributed by atoms with Gasteiger partial charge in [-0.05, 0) is 56.9 Å². The zero-order valence-electron chi connectivity index (χ0n) is 18.7. The van der Waals surface area contributed by atoms with E-state index in [0.29, 0.717) is 29.6 Å². The van der Waals surface area contributed by atoms with E-state index in [1.807, 2.05) is 19.9 Å². The van der Waals surface area contributed by atoms with Crippen molar-refractivity contribution in [1.82, 2.24) is 19.9 Å². The van der Waals surface area contributed by atoms with Crippen molar-refractivity contribution in [2.45, 2.75) is 39.3 Å². The number of ether oxygens (including phenoxy) is 1. The van der Waals surface area contributed by atoms with Crippen molar-refractivity contribution in [1.29, 1.82) is 5.41 Å². The Hall–Kier alpha value is -3.68. The van der Waals surface area contributed by atoms with Gasteiger partial charge in [0.05, 0.1) is 6.54 Å². The molecule has 0 saturated heterocycles. The molecule has 5 rings (SSSR count). The number of nitrogens with zero attached hydrogens (tertiary/aromatic N) is 3. The van der Waals surface area contributed by atoms with Crippen molar-refractivity contribution in [2.75, 3.05) is 12.3 Å². The lowest BCUT2D eigenvalue weighted by Gasteiger charge is -2.23. The van der Waals surface area contributed by atoms with Crippen molar-refractivity contribution in [3.05, 3.63) is 64.9 Å². The van der Waals surface area contributed by atoms with Gasteiger partial charge in [-0.15, -0.1) is 0 Å². The maximum atomic E-state index is 14.3. The maximum absolute atomic E-state index is 14.3. The van der Waals surface area contributed by atoms with Gasteiger partial charge in [0.2, 0.25) is 0 Å². The third-order valence-corrected chi connectivity index (χ3v) is 6.31. The number of nitrogen functional groups attached to an aromatic ring is 1. The number of nitrogens with two attached hydrogens (primary N) is 1. The monoisotopic (exact) mass is 446 g/mol. The van der Waals surface area contributed by atoms with E-state index < -0.39 is 6.10 Å². The van der Waals surface area contributed by atoms with Crippen LogP contribution in [0.15, 0.2) is 42.2 Å². The Morgan fingerprint density at radius 1 is 1.27 bits per heavy atom. The smallest absolute Gasteiger partial charge is 0.166 e. The molecule has 0 spiro atoms. The Bertz CT molecular complexity index is 1260. The van der Waals surface area contributed by atoms with Crippen LogP contribution in [-0.4, -0.2) is 27.3 Å². The van der Waals surface area contributed by atoms with Gasteiger partial charge in [0, 0.05) is 58.8 Å². The highest BCUT2D eigenvalue weighted by Gasteiger charge is 2.25. The number of nitrogens with one attached hydrogen (secondary N) is 2. The number of imidazole rings is 1. The molecule has 2 bridgehead atoms. The molecule has 1 aromatic carbocycles. The molecule has 3 aromatic rings. The van der Waals surface area contributed by atoms with E-state index in [2.05, 4.69) is 19.9 Å². The Morgan fingerprint density at radius 3 is 2.85 bits per heavy atom. The van der Waals surface area contributed by atoms with Gasteiger partial charge < -0.3 is 25.8 Å². The molecule has 1 saturated carbocycles. The van der Waals surface area contributed by atoms with Gasteiger partial charge in [0.15, 0.2) is 11.6 Å². The number of aromatic nitrogens is 3. The van der Waals surface area contributed by atoms with Gasteiger partial charge in [0.1, 0.15) is 17.7 Å². The highest BCUT2D eigenvalue weighted by Crippen LogP contribution is 2.36. The molecule has 0 radical (unpaired) electrons. The van der Waals surface area contributed by atoms with Crippen molar-refractivity contribution < 1.29 is 9.13 Å². The van der Waals surface area contributed by atoms with E-state index in [1.165, 1.54) is 31.2 Å². The fourth-order valence-electron chi connectivity index (χ4n) is 4.23. The minimum atomic E-state index is -0.492. The molecule has 170 valence electrons. The average molecular weight is 447 g/mol. The first-order chi connectivity index (χ1) is 15.9. The minimum Gasteiger partial charge on any atom is -0.482 e. The van der Waals surface area contributed by atoms with Crippen LogP contribution in [0.2, 0.25) is 0 Å². The zero-order valence-corrected chi connectivity index (χ0v) is 18.7. The molecule has 7 nitrogen and oxygen atoms in total. The van der Waals surface area contributed by atoms with Crippen molar-refractivity contribution >= 4 is 17.7 Å². The number of fused-ring (bicyclic) bond motifs is 5. The molecule has 1 aliphatic carbocycles. The van der Waals surface area contributed by atoms with Gasteiger partial charge in [-0.25, -0.2) is 14.4 Å². The van der Waals surface area contributed by atoms with Crippen LogP contribution in [0.4, 0.5) is 10.2 Å². The quantitative estimate of drug-likeness (QED) is 0.513. The summed E-state index contributed by atoms with van der Waals surface area (Å²) < 4.78 is 22.5. The summed E-state index contributed by atoms with van der Waals surface area (Å²) in [5.74, 6) is 1.68. The Kier molecular flexibility index (Phi) is 5.36. The largest absolute Gasteiger partial charge is 0.482 e. The molecule has 0 amide bonds. The minimum absolute atomic E-state index is 0.260. The van der Waals surface area contributed by atoms with Gasteiger partial charge in [-0.2, -0.15) is 0 Å². The molecule has 1 aliphatic heterocycles. The summed E-state index contributed by atoms with van der Waals surface area (Å²) in [5, 5.41) is 11.8. The lowest BCUT2D eigenvalue weighted by Crippen LogP contribution is -2.21. The molecule has 8 heteroatoms. The summed E-state index contributed by atoms with van der Waals surface area (Å²) in [6.45, 7) is 5.11. The molecule has 4 N–H and O–H groups in total. The highest BCUT2D eigenvalue weighted by molar-refractivity contribution is 5.89. The standard InChI is InChI=1S/C25H27FN6O/c1-14-10-31-25-20-6-5-19(26)8-21(20)15(2)33-22-7-17(12-30-24(22)28)23(29-11-16-3-4-16)18(9-27)13-32(14)25/h5-10,12,15-16,27,29H,3-4,11,13H2,1-2H3,(H2,28,30)/b23-18+,27-9?. The second kappa shape index (κ2) is 8.35. The van der Waals surface area contributed by atoms with Crippen LogP contribution in [0.1, 0.15) is 42.7 Å². The number of hydrogen-bond donors (Lipinski definition) is 3. The Morgan fingerprint density at radius 2 is 2.09 bits per heavy atom. The SMILES string of the molecule is Cc1cnc2n1C/C(C=N)=C(/NCC1CC1)c1cnc(N)c(c1)OC(C)c1cc(F)ccc1-2. The number of benzene rings is 1. The van der Waals surface area contributed by atoms with Crippen LogP contribution in [0, 0.1) is 24.1 Å². The molecule has 3 heterocycles. The van der Waals surface area contributed by atoms with Crippen LogP contribution in [0.25, 0.3) is 17.1 Å². The third kappa shape index (κ3) is 4.08. The van der Waals surface area contributed by atoms with Crippen molar-refractivity contribution in [3.63, 3.8) is 0 Å². The van der Waals surface area contributed by atoms with Gasteiger partial charge in [-0.1, -0.05) is 0 Å². The fraction of sp³-hybridized carbons (Fsp3) is 0.320. The Labute approximate surface area is 192 Å². The Balaban J connectivity index is 1.74. The first kappa shape index (κ1) is 21.2. The molecular weight excluding hydrogens is 419 g/mol. The van der Waals surface area contributed by atoms with E-state index >= 15 is 0 Å². The van der Waals surface area contributed by atoms with Crippen molar-refractivity contribution in [2.24, 2.45) is 5.92 Å². The van der Waals surface area contributed by atoms with Crippen LogP contribution < -0.4 is 15.8 Å². The molecular formula is C25H27FN6O. The summed E-state index contributed by atoms with van der Waals surface area (Å²) >= 11 is 0. The van der Waals surface area contributed by atoms with Gasteiger partial charge in [-0.3, -0.25) is 0 Å². The van der Waals surface area contributed by atoms with E-state index in [-0.39, 0.29) is 11.6 Å². The molecule has 1 unspecified atom stereocenters. The normalized spacial score (nSPS) is 20.0. The van der Waals surface area contributed by atoms with E-state index in [1.54, 1.807) is 18.5 Å². The van der Waals surface area contributed by atoms with E-state index in [4.69, 9.17) is 15.9 Å². The van der Waals surface area contributed by atoms with Gasteiger partial charge in [0.25, 0.3) is 0 Å². The van der Waals surface area contributed by atoms with Crippen molar-refractivity contribution in [3.8, 4) is 17.1 Å². The van der Waals surface area contributed by atoms with Crippen LogP contribution >= 0.6 is 0 Å². The lowest BCUT2D eigenvalue weighted by atomic mass is 10.0. The number of halogens is 1. The summed E-state index contributed by atoms with van der Waals surface area (Å²) in [6.07, 6.45) is 6.80. The summed E-state index contributed by atoms with van der Waals surface area (Å²) in [6, 6.07) is 6.48. The average Bonchev–Trinajstić information content (AvgIpc) is 3.56. The molecule has 1 atom stereocenters. The van der Waals surface area contributed by atoms with Crippen LogP contribution in [0.5, 0.6) is 5.75 Å². The lowest BCUT2D eigenvalue weighted by molar-refractivity contribution is 0.227. The number of anilines is 1. The summed E-state index contributed by atoms with van der Waals surface area (Å²) in [5.41, 5.74) is 10.9. The number of allylic oxidation sites excluding steroid dienone is 1. The van der Waals surface area contributed by atoms with Crippen LogP contribution in [0.3, 0.4) is 0 Å². The third-order valence-electron chi connectivity index (χ3n) is 6.31. The maximum Gasteiger partial charge on any atom is 0.166 e. The second-order valence-electron chi connectivity index (χ2n) is 8.78. The fourth-order valence-corrected chi connectivity index (χ4v) is 4.23. The van der Waals surface area contributed by atoms with E-state index in [0.717, 1.165) is 34.6 Å². The number of rotatable bonds is 4. The molecule has 1 fully saturated rings. The predicted molar refractivity (Wildman–Crippen MR) is 126 cm³/mol. The first-order valence-electron chi connectivity index (χ1n) is 11.2. The number of aryl methyl sites for hydroxylation is 1. The zero-order chi connectivity index (χ0) is 23.1. The molecule has 2 aromatic heterocycles. The van der Waals surface area contributed by atoms with Crippen LogP contribution in [-0.2, 0) is 6.54 Å². The second-order valence-corrected chi connectivity index (χ2v) is 8.78. The van der Waals surface area contributed by atoms with Gasteiger partial charge >= 0.3 is 0 Å². The topological polar surface area (TPSA) is 102 Å². The predicted octanol–water partition coefficient (Wildman–Crippen LogP) is 4.49. The first-order valence-corrected chi connectivity index (χ1v) is 11.2. The summed E-state index contributed by atoms with van der Waals surface area (Å²) in [4.78, 5) is 9.00. The number of hydrogen-bond acceptors (Lipinski definition) is 6. The molecule has 33 heavy (non-hydrogen) atoms. The highest BCUT2D eigenvalue weighted by atomic mass is 19.1. The number of pyridine rings is 1. The van der Waals surface area contributed by atoms with E-state index in [9.17, 15) is 4.39 Å². The molecule has 2 aliphatic rings. The summed E-state index contributed by atoms with van der Waals surface area (Å²) in [7, 11) is 0.